The molecule has 2 aliphatic carbocycles. The highest BCUT2D eigenvalue weighted by atomic mass is 16.5. The summed E-state index contributed by atoms with van der Waals surface area (Å²) in [6.45, 7) is 9.43. The quantitative estimate of drug-likeness (QED) is 0.432. The number of aromatic hydroxyl groups is 1. The lowest BCUT2D eigenvalue weighted by atomic mass is 9.53. The number of aliphatic hydroxyl groups is 1. The molecule has 2 bridgehead atoms. The predicted molar refractivity (Wildman–Crippen MR) is 166 cm³/mol. The molecule has 1 amide bonds. The molecule has 0 saturated carbocycles. The molecule has 2 aromatic rings. The van der Waals surface area contributed by atoms with E-state index in [-0.39, 0.29) is 29.2 Å². The van der Waals surface area contributed by atoms with Crippen LogP contribution in [0, 0.1) is 19.8 Å². The number of carbonyl (C=O) groups is 1. The molecule has 6 atom stereocenters. The number of amides is 1. The van der Waals surface area contributed by atoms with Gasteiger partial charge < -0.3 is 25.2 Å². The van der Waals surface area contributed by atoms with Crippen molar-refractivity contribution in [2.24, 2.45) is 5.92 Å². The zero-order valence-corrected chi connectivity index (χ0v) is 25.6. The number of aliphatic hydroxyl groups excluding tert-OH is 1. The van der Waals surface area contributed by atoms with Crippen LogP contribution in [0.3, 0.4) is 0 Å². The fourth-order valence-electron chi connectivity index (χ4n) is 8.37. The van der Waals surface area contributed by atoms with Gasteiger partial charge in [-0.1, -0.05) is 56.2 Å². The smallest absolute Gasteiger partial charge is 0.241 e. The van der Waals surface area contributed by atoms with E-state index in [9.17, 15) is 15.0 Å². The van der Waals surface area contributed by atoms with Gasteiger partial charge in [0.1, 0.15) is 12.2 Å². The number of nitrogens with zero attached hydrogens (tertiary/aromatic N) is 2. The first kappa shape index (κ1) is 29.2. The number of hydrogen-bond donors (Lipinski definition) is 3. The summed E-state index contributed by atoms with van der Waals surface area (Å²) >= 11 is 0. The summed E-state index contributed by atoms with van der Waals surface area (Å²) in [4.78, 5) is 17.5. The maximum absolute atomic E-state index is 12.7. The van der Waals surface area contributed by atoms with Gasteiger partial charge in [0.2, 0.25) is 5.91 Å². The van der Waals surface area contributed by atoms with Crippen LogP contribution >= 0.6 is 0 Å². The van der Waals surface area contributed by atoms with E-state index >= 15 is 0 Å². The van der Waals surface area contributed by atoms with Crippen LogP contribution in [0.25, 0.3) is 0 Å². The second-order valence-corrected chi connectivity index (χ2v) is 13.1. The van der Waals surface area contributed by atoms with Crippen LogP contribution in [0.15, 0.2) is 42.5 Å². The number of carbonyl (C=O) groups excluding carboxylic acids is 1. The highest BCUT2D eigenvalue weighted by molar-refractivity contribution is 5.96. The van der Waals surface area contributed by atoms with Crippen LogP contribution in [0.5, 0.6) is 11.5 Å². The number of aryl methyl sites for hydroxylation is 2. The van der Waals surface area contributed by atoms with Gasteiger partial charge in [0.05, 0.1) is 6.04 Å². The fraction of sp³-hybridized carbons (Fsp3) is 0.571. The maximum Gasteiger partial charge on any atom is 0.241 e. The molecule has 2 saturated heterocycles. The maximum atomic E-state index is 12.7. The molecule has 7 nitrogen and oxygen atoms in total. The van der Waals surface area contributed by atoms with Crippen molar-refractivity contribution >= 4 is 11.6 Å². The van der Waals surface area contributed by atoms with Gasteiger partial charge in [-0.2, -0.15) is 0 Å². The van der Waals surface area contributed by atoms with E-state index in [1.807, 2.05) is 18.2 Å². The number of unbranched alkanes of at least 4 members (excludes halogenated alkanes) is 1. The molecule has 3 aliphatic heterocycles. The Hall–Kier alpha value is -2.87. The summed E-state index contributed by atoms with van der Waals surface area (Å²) in [6.07, 6.45) is 10.9. The van der Waals surface area contributed by atoms with E-state index in [1.165, 1.54) is 30.4 Å². The standard InChI is InChI=1S/C18H28N2O.C17H19NO3/c1-4-5-12-20-13-7-6-11-16(20)18(21)19-17-14(2)9-8-10-15(17)3;1-18-7-6-17-10-3-5-13(20)16(17)21-15-12(19)4-2-9(14(15)17)8-11(10)18/h8-10,16H,4-7,11-13H2,1-3H3,(H,19,21);2-5,10-11,13,16,19-20H,6-8H2,1H3/t16-;10-,11+,13-,16-,17-/m00/s1. The van der Waals surface area contributed by atoms with Crippen molar-refractivity contribution in [3.8, 4) is 11.5 Å². The Labute approximate surface area is 250 Å². The molecule has 226 valence electrons. The Bertz CT molecular complexity index is 1340. The van der Waals surface area contributed by atoms with Crippen LogP contribution < -0.4 is 10.1 Å². The predicted octanol–water partition coefficient (Wildman–Crippen LogP) is 5.09. The Balaban J connectivity index is 0.000000150. The number of rotatable bonds is 5. The Kier molecular flexibility index (Phi) is 8.11. The van der Waals surface area contributed by atoms with Crippen LogP contribution in [-0.4, -0.2) is 76.9 Å². The number of para-hydroxylation sites is 1. The number of phenolic OH excluding ortho intramolecular Hbond substituents is 1. The molecule has 0 unspecified atom stereocenters. The van der Waals surface area contributed by atoms with E-state index in [2.05, 4.69) is 61.1 Å². The lowest BCUT2D eigenvalue weighted by Crippen LogP contribution is -2.64. The van der Waals surface area contributed by atoms with E-state index in [4.69, 9.17) is 4.74 Å². The summed E-state index contributed by atoms with van der Waals surface area (Å²) in [5.74, 6) is 1.36. The molecule has 2 aromatic carbocycles. The molecular weight excluding hydrogens is 526 g/mol. The van der Waals surface area contributed by atoms with Gasteiger partial charge in [-0.25, -0.2) is 0 Å². The third-order valence-corrected chi connectivity index (χ3v) is 10.6. The number of nitrogens with one attached hydrogen (secondary N) is 1. The highest BCUT2D eigenvalue weighted by Gasteiger charge is 2.64. The molecule has 0 radical (unpaired) electrons. The average Bonchev–Trinajstić information content (AvgIpc) is 3.35. The van der Waals surface area contributed by atoms with Crippen molar-refractivity contribution in [2.75, 3.05) is 32.0 Å². The van der Waals surface area contributed by atoms with Crippen LogP contribution in [-0.2, 0) is 16.6 Å². The van der Waals surface area contributed by atoms with Crippen molar-refractivity contribution < 1.29 is 19.7 Å². The summed E-state index contributed by atoms with van der Waals surface area (Å²) < 4.78 is 6.09. The van der Waals surface area contributed by atoms with Gasteiger partial charge in [-0.15, -0.1) is 0 Å². The first-order chi connectivity index (χ1) is 20.3. The minimum Gasteiger partial charge on any atom is -0.504 e. The van der Waals surface area contributed by atoms with Crippen molar-refractivity contribution in [3.05, 3.63) is 64.7 Å². The second kappa shape index (κ2) is 11.7. The third kappa shape index (κ3) is 4.83. The molecule has 3 N–H and O–H groups in total. The van der Waals surface area contributed by atoms with Gasteiger partial charge >= 0.3 is 0 Å². The van der Waals surface area contributed by atoms with E-state index < -0.39 is 6.10 Å². The van der Waals surface area contributed by atoms with Gasteiger partial charge in [0.25, 0.3) is 0 Å². The largest absolute Gasteiger partial charge is 0.504 e. The Morgan fingerprint density at radius 2 is 1.90 bits per heavy atom. The Morgan fingerprint density at radius 1 is 1.12 bits per heavy atom. The monoisotopic (exact) mass is 573 g/mol. The molecular formula is C35H47N3O4. The van der Waals surface area contributed by atoms with Gasteiger partial charge in [-0.05, 0) is 95.4 Å². The number of piperidine rings is 2. The molecule has 1 spiro atoms. The van der Waals surface area contributed by atoms with Crippen molar-refractivity contribution in [3.63, 3.8) is 0 Å². The van der Waals surface area contributed by atoms with Crippen molar-refractivity contribution in [1.82, 2.24) is 9.80 Å². The minimum absolute atomic E-state index is 0.0457. The van der Waals surface area contributed by atoms with E-state index in [0.717, 1.165) is 62.1 Å². The van der Waals surface area contributed by atoms with Crippen molar-refractivity contribution in [1.29, 1.82) is 0 Å². The van der Waals surface area contributed by atoms with Crippen molar-refractivity contribution in [2.45, 2.75) is 95.4 Å². The van der Waals surface area contributed by atoms with Gasteiger partial charge in [0, 0.05) is 28.6 Å². The molecule has 7 heteroatoms. The van der Waals surface area contributed by atoms with Crippen LogP contribution in [0.1, 0.15) is 67.7 Å². The zero-order valence-electron chi connectivity index (χ0n) is 25.6. The number of likely N-dealkylation sites (N-methyl/N-ethyl adjacent to an activating group) is 1. The number of ether oxygens (including phenoxy) is 1. The third-order valence-electron chi connectivity index (χ3n) is 10.6. The van der Waals surface area contributed by atoms with Crippen LogP contribution in [0.4, 0.5) is 5.69 Å². The summed E-state index contributed by atoms with van der Waals surface area (Å²) in [5.41, 5.74) is 5.56. The van der Waals surface area contributed by atoms with Gasteiger partial charge in [-0.3, -0.25) is 9.69 Å². The summed E-state index contributed by atoms with van der Waals surface area (Å²) in [5, 5.41) is 23.8. The molecule has 7 rings (SSSR count). The second-order valence-electron chi connectivity index (χ2n) is 13.1. The van der Waals surface area contributed by atoms with Crippen LogP contribution in [0.2, 0.25) is 0 Å². The van der Waals surface area contributed by atoms with Gasteiger partial charge in [0.15, 0.2) is 11.5 Å². The number of likely N-dealkylation sites (tertiary alicyclic amines) is 2. The average molecular weight is 574 g/mol. The van der Waals surface area contributed by atoms with E-state index in [1.54, 1.807) is 6.07 Å². The summed E-state index contributed by atoms with van der Waals surface area (Å²) in [7, 11) is 2.19. The minimum atomic E-state index is -0.594. The first-order valence-electron chi connectivity index (χ1n) is 16.0. The Morgan fingerprint density at radius 3 is 2.67 bits per heavy atom. The highest BCUT2D eigenvalue weighted by Crippen LogP contribution is 2.62. The normalized spacial score (nSPS) is 31.0. The lowest BCUT2D eigenvalue weighted by molar-refractivity contribution is -0.122. The SMILES string of the molecule is CCCCN1CCCC[C@H]1C(=O)Nc1c(C)cccc1C.CN1CC[C@]23c4c5ccc(O)c4O[C@H]2[C@@H](O)C=C[C@H]3[C@H]1C5. The zero-order chi connectivity index (χ0) is 29.6. The number of anilines is 1. The molecule has 5 aliphatic rings. The molecule has 42 heavy (non-hydrogen) atoms. The first-order valence-corrected chi connectivity index (χ1v) is 16.0. The number of benzene rings is 2. The fourth-order valence-corrected chi connectivity index (χ4v) is 8.37. The van der Waals surface area contributed by atoms with E-state index in [0.29, 0.717) is 17.7 Å². The molecule has 0 aromatic heterocycles. The molecule has 3 heterocycles. The molecule has 2 fully saturated rings. The lowest BCUT2D eigenvalue weighted by Gasteiger charge is -2.56. The number of phenols is 1. The summed E-state index contributed by atoms with van der Waals surface area (Å²) in [6, 6.07) is 10.4. The topological polar surface area (TPSA) is 85.3 Å². The number of hydrogen-bond acceptors (Lipinski definition) is 6.